The highest BCUT2D eigenvalue weighted by Gasteiger charge is 2.34. The zero-order valence-electron chi connectivity index (χ0n) is 12.3. The van der Waals surface area contributed by atoms with Crippen LogP contribution in [0.25, 0.3) is 5.57 Å². The van der Waals surface area contributed by atoms with E-state index in [2.05, 4.69) is 10.6 Å². The van der Waals surface area contributed by atoms with Crippen molar-refractivity contribution >= 4 is 34.4 Å². The molecule has 2 aliphatic heterocycles. The molecule has 0 aromatic heterocycles. The average molecular weight is 304 g/mol. The first kappa shape index (κ1) is 13.5. The smallest absolute Gasteiger partial charge is 0.258 e. The third-order valence-corrected chi connectivity index (χ3v) is 4.08. The van der Waals surface area contributed by atoms with Gasteiger partial charge in [0.05, 0.1) is 11.3 Å². The van der Waals surface area contributed by atoms with Crippen molar-refractivity contribution in [1.82, 2.24) is 0 Å². The third kappa shape index (κ3) is 1.90. The molecule has 2 aliphatic rings. The van der Waals surface area contributed by atoms with Crippen LogP contribution in [0.15, 0.2) is 48.2 Å². The summed E-state index contributed by atoms with van der Waals surface area (Å²) in [5.41, 5.74) is 3.53. The van der Waals surface area contributed by atoms with E-state index in [0.717, 1.165) is 0 Å². The van der Waals surface area contributed by atoms with E-state index in [9.17, 15) is 14.4 Å². The minimum Gasteiger partial charge on any atom is -0.351 e. The second-order valence-electron chi connectivity index (χ2n) is 5.52. The zero-order chi connectivity index (χ0) is 16.1. The van der Waals surface area contributed by atoms with Crippen molar-refractivity contribution in [1.29, 1.82) is 0 Å². The van der Waals surface area contributed by atoms with Gasteiger partial charge in [-0.25, -0.2) is 0 Å². The van der Waals surface area contributed by atoms with E-state index in [1.54, 1.807) is 30.3 Å². The summed E-state index contributed by atoms with van der Waals surface area (Å²) in [7, 11) is 0. The van der Waals surface area contributed by atoms with Gasteiger partial charge in [-0.15, -0.1) is 0 Å². The molecule has 5 nitrogen and oxygen atoms in total. The maximum absolute atomic E-state index is 12.6. The molecule has 0 bridgehead atoms. The van der Waals surface area contributed by atoms with Gasteiger partial charge in [0.2, 0.25) is 5.78 Å². The fourth-order valence-corrected chi connectivity index (χ4v) is 2.93. The van der Waals surface area contributed by atoms with E-state index in [1.165, 1.54) is 6.92 Å². The lowest BCUT2D eigenvalue weighted by Gasteiger charge is -2.03. The summed E-state index contributed by atoms with van der Waals surface area (Å²) >= 11 is 0. The first-order valence-electron chi connectivity index (χ1n) is 7.18. The number of hydrogen-bond donors (Lipinski definition) is 2. The highest BCUT2D eigenvalue weighted by Crippen LogP contribution is 2.38. The lowest BCUT2D eigenvalue weighted by Crippen LogP contribution is -2.11. The van der Waals surface area contributed by atoms with Crippen LogP contribution in [0.1, 0.15) is 33.2 Å². The lowest BCUT2D eigenvalue weighted by atomic mass is 10.0. The van der Waals surface area contributed by atoms with Crippen molar-refractivity contribution in [3.8, 4) is 0 Å². The fraction of sp³-hybridized carbons (Fsp3) is 0.0556. The maximum atomic E-state index is 12.6. The number of nitrogens with one attached hydrogen (secondary N) is 2. The number of benzene rings is 2. The van der Waals surface area contributed by atoms with Crippen LogP contribution in [0.4, 0.5) is 11.4 Å². The van der Waals surface area contributed by atoms with Crippen LogP contribution in [-0.4, -0.2) is 17.5 Å². The second kappa shape index (κ2) is 4.64. The Hall–Kier alpha value is -3.21. The van der Waals surface area contributed by atoms with Gasteiger partial charge in [-0.05, 0) is 25.1 Å². The molecule has 0 fully saturated rings. The number of ketones is 2. The van der Waals surface area contributed by atoms with Crippen LogP contribution < -0.4 is 10.6 Å². The monoisotopic (exact) mass is 304 g/mol. The molecule has 0 saturated carbocycles. The highest BCUT2D eigenvalue weighted by atomic mass is 16.2. The Balaban J connectivity index is 1.88. The van der Waals surface area contributed by atoms with Gasteiger partial charge in [-0.3, -0.25) is 14.4 Å². The van der Waals surface area contributed by atoms with Gasteiger partial charge in [0, 0.05) is 22.4 Å². The summed E-state index contributed by atoms with van der Waals surface area (Å²) in [6.07, 6.45) is 0. The molecule has 112 valence electrons. The van der Waals surface area contributed by atoms with E-state index < -0.39 is 0 Å². The molecule has 2 heterocycles. The number of carbonyl (C=O) groups excluding carboxylic acids is 3. The van der Waals surface area contributed by atoms with Gasteiger partial charge in [-0.1, -0.05) is 24.3 Å². The third-order valence-electron chi connectivity index (χ3n) is 4.08. The summed E-state index contributed by atoms with van der Waals surface area (Å²) in [6.45, 7) is 1.47. The van der Waals surface area contributed by atoms with Gasteiger partial charge < -0.3 is 10.6 Å². The molecule has 1 amide bonds. The summed E-state index contributed by atoms with van der Waals surface area (Å²) < 4.78 is 0. The van der Waals surface area contributed by atoms with E-state index in [4.69, 9.17) is 0 Å². The van der Waals surface area contributed by atoms with Crippen LogP contribution >= 0.6 is 0 Å². The summed E-state index contributed by atoms with van der Waals surface area (Å²) in [5, 5.41) is 5.77. The van der Waals surface area contributed by atoms with Crippen molar-refractivity contribution in [3.05, 3.63) is 64.9 Å². The molecule has 2 aromatic rings. The predicted octanol–water partition coefficient (Wildman–Crippen LogP) is 2.86. The van der Waals surface area contributed by atoms with Crippen LogP contribution in [0.5, 0.6) is 0 Å². The number of rotatable bonds is 1. The molecule has 2 aromatic carbocycles. The predicted molar refractivity (Wildman–Crippen MR) is 86.4 cm³/mol. The number of amides is 1. The van der Waals surface area contributed by atoms with Crippen LogP contribution in [-0.2, 0) is 4.79 Å². The number of allylic oxidation sites excluding steroid dienone is 1. The second-order valence-corrected chi connectivity index (χ2v) is 5.52. The Bertz CT molecular complexity index is 941. The molecule has 23 heavy (non-hydrogen) atoms. The zero-order valence-corrected chi connectivity index (χ0v) is 12.3. The van der Waals surface area contributed by atoms with Crippen molar-refractivity contribution in [3.63, 3.8) is 0 Å². The number of para-hydroxylation sites is 1. The van der Waals surface area contributed by atoms with E-state index in [0.29, 0.717) is 33.6 Å². The van der Waals surface area contributed by atoms with Gasteiger partial charge >= 0.3 is 0 Å². The molecule has 0 radical (unpaired) electrons. The normalized spacial score (nSPS) is 18.3. The highest BCUT2D eigenvalue weighted by molar-refractivity contribution is 6.38. The molecular formula is C18H12N2O3. The summed E-state index contributed by atoms with van der Waals surface area (Å²) in [4.78, 5) is 36.4. The maximum Gasteiger partial charge on any atom is 0.258 e. The first-order valence-corrected chi connectivity index (χ1v) is 7.18. The van der Waals surface area contributed by atoms with E-state index in [-0.39, 0.29) is 23.2 Å². The number of anilines is 2. The molecule has 2 N–H and O–H groups in total. The van der Waals surface area contributed by atoms with Crippen molar-refractivity contribution in [2.45, 2.75) is 6.92 Å². The SMILES string of the molecule is CC(=O)c1ccc2c(c1)N/C(=C1\C(=O)Nc3ccccc31)C2=O. The Labute approximate surface area is 132 Å². The van der Waals surface area contributed by atoms with Gasteiger partial charge in [0.25, 0.3) is 5.91 Å². The molecule has 5 heteroatoms. The Morgan fingerprint density at radius 2 is 1.70 bits per heavy atom. The quantitative estimate of drug-likeness (QED) is 0.627. The molecule has 0 saturated heterocycles. The van der Waals surface area contributed by atoms with Crippen molar-refractivity contribution in [2.75, 3.05) is 10.6 Å². The summed E-state index contributed by atoms with van der Waals surface area (Å²) in [6, 6.07) is 12.1. The molecule has 0 spiro atoms. The van der Waals surface area contributed by atoms with Gasteiger partial charge in [0.15, 0.2) is 5.78 Å². The number of fused-ring (bicyclic) bond motifs is 2. The van der Waals surface area contributed by atoms with Crippen LogP contribution in [0.3, 0.4) is 0 Å². The van der Waals surface area contributed by atoms with Crippen LogP contribution in [0.2, 0.25) is 0 Å². The number of hydrogen-bond acceptors (Lipinski definition) is 4. The average Bonchev–Trinajstić information content (AvgIpc) is 3.03. The van der Waals surface area contributed by atoms with Gasteiger partial charge in [0.1, 0.15) is 5.70 Å². The van der Waals surface area contributed by atoms with E-state index >= 15 is 0 Å². The fourth-order valence-electron chi connectivity index (χ4n) is 2.93. The Morgan fingerprint density at radius 1 is 0.913 bits per heavy atom. The van der Waals surface area contributed by atoms with Crippen molar-refractivity contribution in [2.24, 2.45) is 0 Å². The molecule has 4 rings (SSSR count). The largest absolute Gasteiger partial charge is 0.351 e. The molecule has 0 atom stereocenters. The number of Topliss-reactive ketones (excluding diaryl/α,β-unsaturated/α-hetero) is 2. The van der Waals surface area contributed by atoms with Crippen molar-refractivity contribution < 1.29 is 14.4 Å². The number of carbonyl (C=O) groups is 3. The minimum atomic E-state index is -0.304. The Morgan fingerprint density at radius 3 is 2.48 bits per heavy atom. The first-order chi connectivity index (χ1) is 11.1. The molecule has 0 aliphatic carbocycles. The standard InChI is InChI=1S/C18H12N2O3/c1-9(21)10-6-7-12-14(8-10)19-16(17(12)22)15-11-4-2-3-5-13(11)20-18(15)23/h2-8,19H,1H3,(H,20,23)/b16-15-. The summed E-state index contributed by atoms with van der Waals surface area (Å²) in [5.74, 6) is -0.620. The minimum absolute atomic E-state index is 0.0768. The van der Waals surface area contributed by atoms with Crippen LogP contribution in [0, 0.1) is 0 Å². The van der Waals surface area contributed by atoms with Gasteiger partial charge in [-0.2, -0.15) is 0 Å². The molecular weight excluding hydrogens is 292 g/mol. The van der Waals surface area contributed by atoms with E-state index in [1.807, 2.05) is 12.1 Å². The topological polar surface area (TPSA) is 75.3 Å². The molecule has 0 unspecified atom stereocenters. The Kier molecular flexibility index (Phi) is 2.72. The lowest BCUT2D eigenvalue weighted by molar-refractivity contribution is -0.110.